The molecule has 0 aliphatic heterocycles. The van der Waals surface area contributed by atoms with Gasteiger partial charge in [0.25, 0.3) is 0 Å². The second-order valence-electron chi connectivity index (χ2n) is 5.84. The summed E-state index contributed by atoms with van der Waals surface area (Å²) in [7, 11) is 2.11. The fourth-order valence-corrected chi connectivity index (χ4v) is 4.51. The molecule has 23 heavy (non-hydrogen) atoms. The minimum absolute atomic E-state index is 0.0115. The molecule has 1 aliphatic carbocycles. The van der Waals surface area contributed by atoms with E-state index in [1.54, 1.807) is 30.0 Å². The lowest BCUT2D eigenvalue weighted by atomic mass is 10.2. The number of Topliss-reactive ketones (excluding diaryl/α,β-unsaturated/α-hetero) is 1. The van der Waals surface area contributed by atoms with Gasteiger partial charge < -0.3 is 4.90 Å². The Kier molecular flexibility index (Phi) is 4.68. The number of carbonyl (C=O) groups excluding carboxylic acids is 1. The van der Waals surface area contributed by atoms with Crippen LogP contribution in [0, 0.1) is 13.8 Å². The zero-order chi connectivity index (χ0) is 16.6. The average molecular weight is 348 g/mol. The van der Waals surface area contributed by atoms with Crippen molar-refractivity contribution in [1.82, 2.24) is 15.0 Å². The van der Waals surface area contributed by atoms with Gasteiger partial charge in [-0.2, -0.15) is 0 Å². The Balaban J connectivity index is 1.74. The van der Waals surface area contributed by atoms with E-state index in [1.807, 2.05) is 13.8 Å². The molecule has 7 heteroatoms. The zero-order valence-electron chi connectivity index (χ0n) is 13.8. The fourth-order valence-electron chi connectivity index (χ4n) is 2.48. The molecule has 0 aromatic carbocycles. The minimum Gasteiger partial charge on any atom is -0.348 e. The van der Waals surface area contributed by atoms with Crippen LogP contribution in [0.25, 0.3) is 0 Å². The molecule has 0 spiro atoms. The van der Waals surface area contributed by atoms with Crippen molar-refractivity contribution in [1.29, 1.82) is 0 Å². The summed E-state index contributed by atoms with van der Waals surface area (Å²) in [5, 5.41) is 3.92. The molecule has 0 atom stereocenters. The molecule has 1 aliphatic rings. The second kappa shape index (κ2) is 6.57. The summed E-state index contributed by atoms with van der Waals surface area (Å²) in [6.07, 6.45) is 2.53. The topological polar surface area (TPSA) is 59.0 Å². The molecule has 2 aromatic rings. The van der Waals surface area contributed by atoms with Gasteiger partial charge in [-0.05, 0) is 33.6 Å². The van der Waals surface area contributed by atoms with Gasteiger partial charge in [0.1, 0.15) is 10.9 Å². The summed E-state index contributed by atoms with van der Waals surface area (Å²) in [5.41, 5.74) is 2.41. The summed E-state index contributed by atoms with van der Waals surface area (Å²) in [6, 6.07) is 0.665. The Morgan fingerprint density at radius 2 is 2.09 bits per heavy atom. The number of hydrogen-bond donors (Lipinski definition) is 0. The van der Waals surface area contributed by atoms with Gasteiger partial charge in [0, 0.05) is 24.2 Å². The van der Waals surface area contributed by atoms with Crippen LogP contribution in [-0.2, 0) is 5.75 Å². The number of aryl methyl sites for hydroxylation is 2. The quantitative estimate of drug-likeness (QED) is 0.451. The Morgan fingerprint density at radius 1 is 1.35 bits per heavy atom. The average Bonchev–Trinajstić information content (AvgIpc) is 3.21. The van der Waals surface area contributed by atoms with E-state index in [-0.39, 0.29) is 5.78 Å². The Hall–Kier alpha value is -1.47. The van der Waals surface area contributed by atoms with E-state index in [9.17, 15) is 4.79 Å². The third-order valence-corrected chi connectivity index (χ3v) is 5.80. The maximum Gasteiger partial charge on any atom is 0.185 e. The lowest BCUT2D eigenvalue weighted by Crippen LogP contribution is -2.18. The number of thioether (sulfide) groups is 1. The van der Waals surface area contributed by atoms with Gasteiger partial charge in [0.2, 0.25) is 0 Å². The van der Waals surface area contributed by atoms with Crippen molar-refractivity contribution in [3.63, 3.8) is 0 Å². The lowest BCUT2D eigenvalue weighted by molar-refractivity contribution is 0.101. The third kappa shape index (κ3) is 3.72. The lowest BCUT2D eigenvalue weighted by Gasteiger charge is -2.13. The van der Waals surface area contributed by atoms with E-state index in [1.165, 1.54) is 12.8 Å². The number of aromatic nitrogens is 3. The summed E-state index contributed by atoms with van der Waals surface area (Å²) in [4.78, 5) is 27.6. The Bertz CT molecular complexity index is 740. The predicted octanol–water partition coefficient (Wildman–Crippen LogP) is 3.64. The van der Waals surface area contributed by atoms with Crippen molar-refractivity contribution in [3.8, 4) is 0 Å². The number of thiazole rings is 1. The van der Waals surface area contributed by atoms with E-state index in [0.29, 0.717) is 23.2 Å². The first-order chi connectivity index (χ1) is 11.0. The number of carbonyl (C=O) groups is 1. The van der Waals surface area contributed by atoms with Crippen LogP contribution in [0.1, 0.15) is 47.3 Å². The van der Waals surface area contributed by atoms with E-state index in [0.717, 1.165) is 21.5 Å². The van der Waals surface area contributed by atoms with Crippen molar-refractivity contribution in [2.75, 3.05) is 11.9 Å². The third-order valence-electron chi connectivity index (χ3n) is 3.81. The van der Waals surface area contributed by atoms with Crippen LogP contribution in [0.3, 0.4) is 0 Å². The summed E-state index contributed by atoms with van der Waals surface area (Å²) in [6.45, 7) is 5.28. The van der Waals surface area contributed by atoms with Crippen LogP contribution in [0.2, 0.25) is 0 Å². The highest BCUT2D eigenvalue weighted by Crippen LogP contribution is 2.33. The van der Waals surface area contributed by atoms with E-state index in [2.05, 4.69) is 27.3 Å². The maximum absolute atomic E-state index is 11.9. The standard InChI is InChI=1S/C16H20N4OS2/c1-9-14(10(2)21)15(18-11(3)17-9)22-7-12-8-23-16(19-12)20(4)13-5-6-13/h8,13H,5-7H2,1-4H3. The van der Waals surface area contributed by atoms with Crippen LogP contribution in [-0.4, -0.2) is 33.8 Å². The fraction of sp³-hybridized carbons (Fsp3) is 0.500. The molecule has 2 aromatic heterocycles. The molecule has 1 fully saturated rings. The molecule has 0 radical (unpaired) electrons. The van der Waals surface area contributed by atoms with Crippen LogP contribution in [0.15, 0.2) is 10.4 Å². The molecule has 1 saturated carbocycles. The number of ketones is 1. The zero-order valence-corrected chi connectivity index (χ0v) is 15.4. The number of anilines is 1. The first kappa shape index (κ1) is 16.4. The molecule has 0 N–H and O–H groups in total. The first-order valence-electron chi connectivity index (χ1n) is 7.62. The van der Waals surface area contributed by atoms with Crippen molar-refractivity contribution < 1.29 is 4.79 Å². The predicted molar refractivity (Wildman–Crippen MR) is 94.6 cm³/mol. The van der Waals surface area contributed by atoms with E-state index in [4.69, 9.17) is 4.98 Å². The van der Waals surface area contributed by atoms with Crippen molar-refractivity contribution in [2.45, 2.75) is 50.4 Å². The van der Waals surface area contributed by atoms with Gasteiger partial charge in [0.05, 0.1) is 17.0 Å². The van der Waals surface area contributed by atoms with Crippen LogP contribution >= 0.6 is 23.1 Å². The number of nitrogens with zero attached hydrogens (tertiary/aromatic N) is 4. The maximum atomic E-state index is 11.9. The minimum atomic E-state index is 0.0115. The molecular weight excluding hydrogens is 328 g/mol. The van der Waals surface area contributed by atoms with Gasteiger partial charge in [-0.3, -0.25) is 4.79 Å². The van der Waals surface area contributed by atoms with Gasteiger partial charge in [-0.25, -0.2) is 15.0 Å². The molecule has 2 heterocycles. The van der Waals surface area contributed by atoms with Crippen LogP contribution < -0.4 is 4.90 Å². The molecule has 0 saturated heterocycles. The van der Waals surface area contributed by atoms with Gasteiger partial charge >= 0.3 is 0 Å². The smallest absolute Gasteiger partial charge is 0.185 e. The monoisotopic (exact) mass is 348 g/mol. The molecule has 5 nitrogen and oxygen atoms in total. The van der Waals surface area contributed by atoms with Gasteiger partial charge in [-0.15, -0.1) is 11.3 Å². The van der Waals surface area contributed by atoms with Crippen LogP contribution in [0.4, 0.5) is 5.13 Å². The highest BCUT2D eigenvalue weighted by molar-refractivity contribution is 7.98. The highest BCUT2D eigenvalue weighted by Gasteiger charge is 2.28. The van der Waals surface area contributed by atoms with Crippen molar-refractivity contribution in [3.05, 3.63) is 28.2 Å². The van der Waals surface area contributed by atoms with Gasteiger partial charge in [-0.1, -0.05) is 11.8 Å². The van der Waals surface area contributed by atoms with Crippen molar-refractivity contribution >= 4 is 34.0 Å². The Labute approximate surface area is 144 Å². The van der Waals surface area contributed by atoms with Crippen molar-refractivity contribution in [2.24, 2.45) is 0 Å². The normalized spacial score (nSPS) is 14.1. The number of rotatable bonds is 6. The highest BCUT2D eigenvalue weighted by atomic mass is 32.2. The largest absolute Gasteiger partial charge is 0.348 e. The van der Waals surface area contributed by atoms with Gasteiger partial charge in [0.15, 0.2) is 10.9 Å². The first-order valence-corrected chi connectivity index (χ1v) is 9.48. The molecular formula is C16H20N4OS2. The number of hydrogen-bond acceptors (Lipinski definition) is 7. The molecule has 0 amide bonds. The van der Waals surface area contributed by atoms with E-state index >= 15 is 0 Å². The summed E-state index contributed by atoms with van der Waals surface area (Å²) >= 11 is 3.24. The molecule has 3 rings (SSSR count). The second-order valence-corrected chi connectivity index (χ2v) is 7.65. The molecule has 122 valence electrons. The SMILES string of the molecule is CC(=O)c1c(C)nc(C)nc1SCc1csc(N(C)C2CC2)n1. The summed E-state index contributed by atoms with van der Waals surface area (Å²) in [5.74, 6) is 1.42. The molecule has 0 unspecified atom stereocenters. The molecule has 0 bridgehead atoms. The van der Waals surface area contributed by atoms with E-state index < -0.39 is 0 Å². The summed E-state index contributed by atoms with van der Waals surface area (Å²) < 4.78 is 0. The van der Waals surface area contributed by atoms with Crippen LogP contribution in [0.5, 0.6) is 0 Å². The Morgan fingerprint density at radius 3 is 2.74 bits per heavy atom.